The van der Waals surface area contributed by atoms with Crippen LogP contribution in [0.3, 0.4) is 0 Å². The van der Waals surface area contributed by atoms with Gasteiger partial charge in [-0.25, -0.2) is 13.8 Å². The Morgan fingerprint density at radius 3 is 2.83 bits per heavy atom. The number of nitrogens with one attached hydrogen (secondary N) is 2. The van der Waals surface area contributed by atoms with Crippen LogP contribution in [0.5, 0.6) is 0 Å². The van der Waals surface area contributed by atoms with Crippen molar-refractivity contribution in [1.29, 1.82) is 0 Å². The minimum atomic E-state index is -0.563. The Bertz CT molecular complexity index is 1020. The Kier molecular flexibility index (Phi) is 6.23. The van der Waals surface area contributed by atoms with Crippen molar-refractivity contribution in [3.05, 3.63) is 70.6 Å². The molecule has 2 heterocycles. The van der Waals surface area contributed by atoms with Gasteiger partial charge in [0.15, 0.2) is 5.96 Å². The van der Waals surface area contributed by atoms with E-state index >= 15 is 0 Å². The van der Waals surface area contributed by atoms with Gasteiger partial charge in [-0.15, -0.1) is 11.3 Å². The van der Waals surface area contributed by atoms with Crippen molar-refractivity contribution in [2.24, 2.45) is 4.99 Å². The molecule has 5 nitrogen and oxygen atoms in total. The minimum Gasteiger partial charge on any atom is -0.367 e. The number of thiazole rings is 1. The van der Waals surface area contributed by atoms with Gasteiger partial charge in [-0.3, -0.25) is 4.99 Å². The molecule has 30 heavy (non-hydrogen) atoms. The standard InChI is InChI=1S/C22H23F2N5S/c1-25-22(26-12-21-28-19(14-30-21)15-5-3-2-4-6-15)27-17-9-10-29(13-17)20-8-7-16(23)11-18(20)24/h2-8,11,14,17H,9-10,12-13H2,1H3,(H2,25,26,27). The van der Waals surface area contributed by atoms with E-state index < -0.39 is 11.6 Å². The van der Waals surface area contributed by atoms with Gasteiger partial charge in [-0.05, 0) is 18.6 Å². The first-order chi connectivity index (χ1) is 14.6. The SMILES string of the molecule is CN=C(NCc1nc(-c2ccccc2)cs1)NC1CCN(c2ccc(F)cc2F)C1. The lowest BCUT2D eigenvalue weighted by Crippen LogP contribution is -2.44. The molecule has 1 saturated heterocycles. The molecule has 1 fully saturated rings. The average Bonchev–Trinajstić information content (AvgIpc) is 3.41. The van der Waals surface area contributed by atoms with Crippen molar-refractivity contribution in [3.8, 4) is 11.3 Å². The molecule has 1 aromatic heterocycles. The molecular formula is C22H23F2N5S. The minimum absolute atomic E-state index is 0.122. The van der Waals surface area contributed by atoms with Crippen molar-refractivity contribution in [3.63, 3.8) is 0 Å². The molecule has 0 saturated carbocycles. The normalized spacial score (nSPS) is 16.7. The van der Waals surface area contributed by atoms with Crippen molar-refractivity contribution in [1.82, 2.24) is 15.6 Å². The highest BCUT2D eigenvalue weighted by Crippen LogP contribution is 2.24. The molecule has 0 radical (unpaired) electrons. The monoisotopic (exact) mass is 427 g/mol. The van der Waals surface area contributed by atoms with Crippen molar-refractivity contribution in [2.45, 2.75) is 19.0 Å². The highest BCUT2D eigenvalue weighted by atomic mass is 32.1. The highest BCUT2D eigenvalue weighted by Gasteiger charge is 2.25. The van der Waals surface area contributed by atoms with Crippen LogP contribution in [0.1, 0.15) is 11.4 Å². The molecule has 0 amide bonds. The molecule has 2 aromatic carbocycles. The zero-order valence-corrected chi connectivity index (χ0v) is 17.4. The summed E-state index contributed by atoms with van der Waals surface area (Å²) in [6, 6.07) is 13.9. The molecule has 1 unspecified atom stereocenters. The van der Waals surface area contributed by atoms with E-state index in [0.717, 1.165) is 28.8 Å². The predicted molar refractivity (Wildman–Crippen MR) is 118 cm³/mol. The molecule has 2 N–H and O–H groups in total. The summed E-state index contributed by atoms with van der Waals surface area (Å²) in [5, 5.41) is 9.70. The molecule has 3 aromatic rings. The second-order valence-electron chi connectivity index (χ2n) is 7.09. The Morgan fingerprint density at radius 2 is 2.07 bits per heavy atom. The number of hydrogen-bond acceptors (Lipinski definition) is 4. The lowest BCUT2D eigenvalue weighted by atomic mass is 10.2. The summed E-state index contributed by atoms with van der Waals surface area (Å²) >= 11 is 1.60. The van der Waals surface area contributed by atoms with E-state index in [1.165, 1.54) is 12.1 Å². The second kappa shape index (κ2) is 9.21. The molecule has 8 heteroatoms. The van der Waals surface area contributed by atoms with E-state index in [4.69, 9.17) is 0 Å². The van der Waals surface area contributed by atoms with E-state index in [1.807, 2.05) is 35.2 Å². The highest BCUT2D eigenvalue weighted by molar-refractivity contribution is 7.09. The van der Waals surface area contributed by atoms with Crippen LogP contribution in [0.15, 0.2) is 58.9 Å². The number of rotatable bonds is 5. The third-order valence-corrected chi connectivity index (χ3v) is 5.88. The molecular weight excluding hydrogens is 404 g/mol. The van der Waals surface area contributed by atoms with Crippen LogP contribution in [0, 0.1) is 11.6 Å². The summed E-state index contributed by atoms with van der Waals surface area (Å²) in [7, 11) is 1.72. The quantitative estimate of drug-likeness (QED) is 0.477. The number of aromatic nitrogens is 1. The predicted octanol–water partition coefficient (Wildman–Crippen LogP) is 4.03. The average molecular weight is 428 g/mol. The number of guanidine groups is 1. The van der Waals surface area contributed by atoms with E-state index in [-0.39, 0.29) is 6.04 Å². The maximum absolute atomic E-state index is 14.0. The van der Waals surface area contributed by atoms with Crippen LogP contribution in [-0.4, -0.2) is 37.1 Å². The van der Waals surface area contributed by atoms with Crippen LogP contribution in [0.4, 0.5) is 14.5 Å². The van der Waals surface area contributed by atoms with Gasteiger partial charge in [0.2, 0.25) is 0 Å². The van der Waals surface area contributed by atoms with Gasteiger partial charge in [0, 0.05) is 43.2 Å². The summed E-state index contributed by atoms with van der Waals surface area (Å²) in [4.78, 5) is 10.9. The number of hydrogen-bond donors (Lipinski definition) is 2. The Labute approximate surface area is 178 Å². The molecule has 1 atom stereocenters. The van der Waals surface area contributed by atoms with Gasteiger partial charge in [0.25, 0.3) is 0 Å². The van der Waals surface area contributed by atoms with Crippen LogP contribution in [-0.2, 0) is 6.54 Å². The van der Waals surface area contributed by atoms with Crippen LogP contribution < -0.4 is 15.5 Å². The van der Waals surface area contributed by atoms with Gasteiger partial charge in [0.1, 0.15) is 16.6 Å². The lowest BCUT2D eigenvalue weighted by Gasteiger charge is -2.20. The fourth-order valence-electron chi connectivity index (χ4n) is 3.52. The van der Waals surface area contributed by atoms with E-state index in [9.17, 15) is 8.78 Å². The molecule has 156 valence electrons. The smallest absolute Gasteiger partial charge is 0.191 e. The zero-order valence-electron chi connectivity index (χ0n) is 16.6. The first-order valence-electron chi connectivity index (χ1n) is 9.79. The third kappa shape index (κ3) is 4.76. The molecule has 0 aliphatic carbocycles. The van der Waals surface area contributed by atoms with Crippen molar-refractivity contribution >= 4 is 23.0 Å². The largest absolute Gasteiger partial charge is 0.367 e. The van der Waals surface area contributed by atoms with Gasteiger partial charge in [-0.2, -0.15) is 0 Å². The van der Waals surface area contributed by atoms with Crippen molar-refractivity contribution < 1.29 is 8.78 Å². The van der Waals surface area contributed by atoms with E-state index in [0.29, 0.717) is 31.3 Å². The molecule has 0 bridgehead atoms. The molecule has 4 rings (SSSR count). The summed E-state index contributed by atoms with van der Waals surface area (Å²) in [6.45, 7) is 1.89. The van der Waals surface area contributed by atoms with Crippen LogP contribution in [0.25, 0.3) is 11.3 Å². The fourth-order valence-corrected chi connectivity index (χ4v) is 4.26. The van der Waals surface area contributed by atoms with E-state index in [2.05, 4.69) is 26.0 Å². The number of aliphatic imine (C=N–C) groups is 1. The third-order valence-electron chi connectivity index (χ3n) is 5.03. The summed E-state index contributed by atoms with van der Waals surface area (Å²) in [6.07, 6.45) is 0.840. The number of halogens is 2. The van der Waals surface area contributed by atoms with Crippen LogP contribution >= 0.6 is 11.3 Å². The lowest BCUT2D eigenvalue weighted by molar-refractivity contribution is 0.580. The first-order valence-corrected chi connectivity index (χ1v) is 10.7. The maximum Gasteiger partial charge on any atom is 0.191 e. The number of benzene rings is 2. The Hall–Kier alpha value is -3.00. The number of anilines is 1. The summed E-state index contributed by atoms with van der Waals surface area (Å²) in [5.41, 5.74) is 2.49. The van der Waals surface area contributed by atoms with Gasteiger partial charge in [-0.1, -0.05) is 30.3 Å². The summed E-state index contributed by atoms with van der Waals surface area (Å²) in [5.74, 6) is -0.415. The second-order valence-corrected chi connectivity index (χ2v) is 8.03. The number of nitrogens with zero attached hydrogens (tertiary/aromatic N) is 3. The molecule has 1 aliphatic heterocycles. The Balaban J connectivity index is 1.31. The Morgan fingerprint density at radius 1 is 1.23 bits per heavy atom. The van der Waals surface area contributed by atoms with Gasteiger partial charge in [0.05, 0.1) is 17.9 Å². The van der Waals surface area contributed by atoms with Crippen LogP contribution in [0.2, 0.25) is 0 Å². The van der Waals surface area contributed by atoms with Gasteiger partial charge < -0.3 is 15.5 Å². The van der Waals surface area contributed by atoms with Gasteiger partial charge >= 0.3 is 0 Å². The molecule has 0 spiro atoms. The summed E-state index contributed by atoms with van der Waals surface area (Å²) < 4.78 is 27.2. The fraction of sp³-hybridized carbons (Fsp3) is 0.273. The topological polar surface area (TPSA) is 52.6 Å². The first kappa shape index (κ1) is 20.3. The van der Waals surface area contributed by atoms with E-state index in [1.54, 1.807) is 18.4 Å². The zero-order chi connectivity index (χ0) is 20.9. The maximum atomic E-state index is 14.0. The molecule has 1 aliphatic rings. The van der Waals surface area contributed by atoms with Crippen molar-refractivity contribution in [2.75, 3.05) is 25.0 Å².